The molecule has 2 bridgehead atoms. The van der Waals surface area contributed by atoms with Crippen molar-refractivity contribution >= 4 is 46.7 Å². The minimum Gasteiger partial charge on any atom is -0.870 e. The van der Waals surface area contributed by atoms with Crippen molar-refractivity contribution in [2.75, 3.05) is 45.7 Å². The zero-order valence-corrected chi connectivity index (χ0v) is 30.9. The molecule has 0 radical (unpaired) electrons. The average molecular weight is 766 g/mol. The highest BCUT2D eigenvalue weighted by molar-refractivity contribution is 6.35. The minimum atomic E-state index is -0.829. The monoisotopic (exact) mass is 764 g/mol. The first-order chi connectivity index (χ1) is 25.2. The first-order valence-corrected chi connectivity index (χ1v) is 17.9. The number of halogens is 2. The van der Waals surface area contributed by atoms with Crippen molar-refractivity contribution in [3.63, 3.8) is 0 Å². The van der Waals surface area contributed by atoms with Crippen LogP contribution in [0.25, 0.3) is 0 Å². The summed E-state index contributed by atoms with van der Waals surface area (Å²) in [6, 6.07) is 20.5. The van der Waals surface area contributed by atoms with Gasteiger partial charge in [0.1, 0.15) is 28.8 Å². The van der Waals surface area contributed by atoms with Gasteiger partial charge in [-0.3, -0.25) is 14.5 Å². The number of anilines is 1. The predicted octanol–water partition coefficient (Wildman–Crippen LogP) is 5.70. The van der Waals surface area contributed by atoms with Gasteiger partial charge in [0.05, 0.1) is 14.2 Å². The number of amides is 1. The number of methoxy groups -OCH3 is 2. The summed E-state index contributed by atoms with van der Waals surface area (Å²) in [6.07, 6.45) is 4.40. The summed E-state index contributed by atoms with van der Waals surface area (Å²) in [7, 11) is 3.04. The largest absolute Gasteiger partial charge is 0.870 e. The van der Waals surface area contributed by atoms with Crippen molar-refractivity contribution in [2.24, 2.45) is 5.92 Å². The number of hydrogen-bond donors (Lipinski definition) is 2. The van der Waals surface area contributed by atoms with Gasteiger partial charge in [-0.1, -0.05) is 65.7 Å². The highest BCUT2D eigenvalue weighted by atomic mass is 35.5. The fourth-order valence-electron chi connectivity index (χ4n) is 6.69. The Kier molecular flexibility index (Phi) is 13.5. The molecule has 4 N–H and O–H groups in total. The van der Waals surface area contributed by atoms with Gasteiger partial charge >= 0.3 is 11.9 Å². The summed E-state index contributed by atoms with van der Waals surface area (Å²) in [5, 5.41) is 6.67. The van der Waals surface area contributed by atoms with Gasteiger partial charge < -0.3 is 35.1 Å². The summed E-state index contributed by atoms with van der Waals surface area (Å²) in [4.78, 5) is 45.4. The van der Waals surface area contributed by atoms with Crippen LogP contribution in [0.15, 0.2) is 85.2 Å². The van der Waals surface area contributed by atoms with E-state index in [1.807, 2.05) is 30.3 Å². The lowest BCUT2D eigenvalue weighted by molar-refractivity contribution is -0.377. The fourth-order valence-corrected chi connectivity index (χ4v) is 7.23. The number of H-pyrrole nitrogens is 1. The Morgan fingerprint density at radius 3 is 2.26 bits per heavy atom. The van der Waals surface area contributed by atoms with Crippen molar-refractivity contribution in [2.45, 2.75) is 37.5 Å². The number of fused-ring (bicyclic) bond motifs is 3. The summed E-state index contributed by atoms with van der Waals surface area (Å²) in [6.45, 7) is 2.42. The molecule has 0 spiro atoms. The lowest BCUT2D eigenvalue weighted by atomic mass is 9.86. The number of ether oxygens (including phenoxy) is 4. The van der Waals surface area contributed by atoms with Crippen LogP contribution in [0.4, 0.5) is 5.69 Å². The lowest BCUT2D eigenvalue weighted by Crippen LogP contribution is -2.52. The number of rotatable bonds is 14. The number of aromatic amines is 1. The second-order valence-electron chi connectivity index (χ2n) is 12.8. The first kappa shape index (κ1) is 39.3. The predicted molar refractivity (Wildman–Crippen MR) is 198 cm³/mol. The van der Waals surface area contributed by atoms with Gasteiger partial charge in [0.25, 0.3) is 5.91 Å². The molecule has 1 amide bonds. The Balaban J connectivity index is 0.00000541. The van der Waals surface area contributed by atoms with Gasteiger partial charge in [-0.25, -0.2) is 9.78 Å². The van der Waals surface area contributed by atoms with E-state index in [-0.39, 0.29) is 29.5 Å². The Labute approximate surface area is 318 Å². The number of aromatic nitrogens is 1. The number of pyridine rings is 1. The summed E-state index contributed by atoms with van der Waals surface area (Å²) < 4.78 is 22.8. The van der Waals surface area contributed by atoms with Crippen LogP contribution in [0.5, 0.6) is 11.5 Å². The topological polar surface area (TPSA) is 160 Å². The van der Waals surface area contributed by atoms with E-state index in [4.69, 9.17) is 42.1 Å². The maximum absolute atomic E-state index is 13.6. The molecule has 4 heterocycles. The van der Waals surface area contributed by atoms with E-state index in [9.17, 15) is 14.4 Å². The number of nitrogens with one attached hydrogen (secondary N) is 3. The van der Waals surface area contributed by atoms with E-state index < -0.39 is 30.6 Å². The number of piperidine rings is 3. The molecule has 0 saturated carbocycles. The number of esters is 2. The zero-order valence-electron chi connectivity index (χ0n) is 29.4. The van der Waals surface area contributed by atoms with Crippen LogP contribution in [-0.4, -0.2) is 74.7 Å². The van der Waals surface area contributed by atoms with E-state index >= 15 is 0 Å². The van der Waals surface area contributed by atoms with Gasteiger partial charge in [-0.05, 0) is 73.3 Å². The van der Waals surface area contributed by atoms with Crippen LogP contribution in [0.2, 0.25) is 10.0 Å². The quantitative estimate of drug-likeness (QED) is 0.153. The molecule has 3 fully saturated rings. The molecule has 4 aromatic rings. The molecule has 3 aromatic carbocycles. The van der Waals surface area contributed by atoms with Crippen LogP contribution in [0.1, 0.15) is 52.0 Å². The van der Waals surface area contributed by atoms with E-state index in [1.54, 1.807) is 54.9 Å². The van der Waals surface area contributed by atoms with Crippen LogP contribution in [0.3, 0.4) is 0 Å². The van der Waals surface area contributed by atoms with Gasteiger partial charge in [0, 0.05) is 29.8 Å². The van der Waals surface area contributed by atoms with Crippen molar-refractivity contribution in [1.29, 1.82) is 0 Å². The molecule has 12 nitrogen and oxygen atoms in total. The molecule has 0 aliphatic carbocycles. The van der Waals surface area contributed by atoms with E-state index in [2.05, 4.69) is 20.5 Å². The number of carbonyl (C=O) groups excluding carboxylic acids is 3. The number of carbonyl (C=O) groups is 3. The first-order valence-electron chi connectivity index (χ1n) is 17.1. The Bertz CT molecular complexity index is 1870. The molecule has 3 aliphatic rings. The molecule has 3 atom stereocenters. The maximum Gasteiger partial charge on any atom is 0.333 e. The summed E-state index contributed by atoms with van der Waals surface area (Å²) in [5.74, 6) is -0.236. The number of benzene rings is 3. The third-order valence-electron chi connectivity index (χ3n) is 9.50. The van der Waals surface area contributed by atoms with Crippen LogP contribution in [0, 0.1) is 5.92 Å². The normalized spacial score (nSPS) is 18.5. The van der Waals surface area contributed by atoms with Crippen LogP contribution >= 0.6 is 23.2 Å². The van der Waals surface area contributed by atoms with Gasteiger partial charge in [-0.15, -0.1) is 0 Å². The third-order valence-corrected chi connectivity index (χ3v) is 10.2. The second-order valence-corrected chi connectivity index (χ2v) is 13.6. The van der Waals surface area contributed by atoms with E-state index in [0.717, 1.165) is 38.0 Å². The van der Waals surface area contributed by atoms with Crippen molar-refractivity contribution in [1.82, 2.24) is 10.2 Å². The summed E-state index contributed by atoms with van der Waals surface area (Å²) in [5.41, 5.74) is 2.75. The highest BCUT2D eigenvalue weighted by Crippen LogP contribution is 2.35. The zero-order chi connectivity index (χ0) is 36.6. The standard InChI is InChI=1S/C39H40Cl2N4O7.H2O/c1-49-32-12-11-26(18-34(32)50-2)33(19-29-30(40)20-42-21-31(29)41)51-36(46)22-43-38(47)27-9-6-10-28(17-27)44-37(25-7-4-3-5-8-25)39(48)52-35-23-45-15-13-24(35)14-16-45;/h3-12,17-18,20-21,24,33,35,37,44H,13-16,19,22-23H2,1-2H3,(H,43,47);1H2/t33-,35-,37?;/m0./s1. The average Bonchev–Trinajstić information content (AvgIpc) is 3.17. The van der Waals surface area contributed by atoms with Gasteiger partial charge in [-0.2, -0.15) is 0 Å². The Morgan fingerprint density at radius 2 is 1.60 bits per heavy atom. The van der Waals surface area contributed by atoms with Crippen molar-refractivity contribution < 1.29 is 43.8 Å². The van der Waals surface area contributed by atoms with E-state index in [1.165, 1.54) is 14.2 Å². The molecule has 14 heteroatoms. The molecular weight excluding hydrogens is 723 g/mol. The lowest BCUT2D eigenvalue weighted by Gasteiger charge is -2.44. The van der Waals surface area contributed by atoms with Gasteiger partial charge in [0.2, 0.25) is 0 Å². The van der Waals surface area contributed by atoms with Crippen molar-refractivity contribution in [3.05, 3.63) is 117 Å². The van der Waals surface area contributed by atoms with Crippen LogP contribution in [-0.2, 0) is 25.5 Å². The molecule has 53 heavy (non-hydrogen) atoms. The second kappa shape index (κ2) is 18.2. The highest BCUT2D eigenvalue weighted by Gasteiger charge is 2.38. The number of nitrogens with zero attached hydrogens (tertiary/aromatic N) is 1. The molecule has 3 aliphatic heterocycles. The van der Waals surface area contributed by atoms with Crippen molar-refractivity contribution in [3.8, 4) is 11.5 Å². The van der Waals surface area contributed by atoms with Gasteiger partial charge in [0.15, 0.2) is 29.9 Å². The number of hydrogen-bond acceptors (Lipinski definition) is 10. The molecular formula is C39H42Cl2N4O8. The molecule has 280 valence electrons. The Hall–Kier alpha value is -4.88. The minimum absolute atomic E-state index is 0. The fraction of sp³-hybridized carbons (Fsp3) is 0.333. The smallest absolute Gasteiger partial charge is 0.333 e. The molecule has 7 rings (SSSR count). The maximum atomic E-state index is 13.6. The molecule has 1 unspecified atom stereocenters. The Morgan fingerprint density at radius 1 is 0.887 bits per heavy atom. The SMILES string of the molecule is COc1ccc([C@H](Cc2c(Cl)c[nH+]cc2Cl)OC(=O)CNC(=O)c2cccc(NC(C(=O)O[C@H]3CN4CCC3CC4)c3ccccc3)c2)cc1OC.[OH-]. The van der Waals surface area contributed by atoms with E-state index in [0.29, 0.717) is 44.3 Å². The van der Waals surface area contributed by atoms with Crippen LogP contribution < -0.4 is 25.1 Å². The third kappa shape index (κ3) is 9.76. The summed E-state index contributed by atoms with van der Waals surface area (Å²) >= 11 is 12.9. The molecule has 1 aromatic heterocycles. The molecule has 3 saturated heterocycles.